The highest BCUT2D eigenvalue weighted by molar-refractivity contribution is 6.51. The molecular weight excluding hydrogens is 376 g/mol. The average molecular weight is 393 g/mol. The molecule has 0 aliphatic rings. The molecule has 0 bridgehead atoms. The third-order valence-corrected chi connectivity index (χ3v) is 4.71. The molecule has 3 aromatic heterocycles. The second-order valence-electron chi connectivity index (χ2n) is 6.56. The van der Waals surface area contributed by atoms with Gasteiger partial charge in [0.05, 0.1) is 11.3 Å². The minimum absolute atomic E-state index is 0.129. The summed E-state index contributed by atoms with van der Waals surface area (Å²) in [5, 5.41) is 3.30. The number of benzene rings is 1. The topological polar surface area (TPSA) is 42.2 Å². The number of hydrogen-bond donors (Lipinski definition) is 1. The van der Waals surface area contributed by atoms with E-state index in [9.17, 15) is 13.2 Å². The summed E-state index contributed by atoms with van der Waals surface area (Å²) in [6.07, 6.45) is 2.35. The first-order valence-electron chi connectivity index (χ1n) is 9.07. The molecule has 1 radical (unpaired) electrons. The third-order valence-electron chi connectivity index (χ3n) is 4.71. The van der Waals surface area contributed by atoms with Gasteiger partial charge in [0.25, 0.3) is 0 Å². The van der Waals surface area contributed by atoms with Crippen molar-refractivity contribution in [1.29, 1.82) is 0 Å². The van der Waals surface area contributed by atoms with Crippen LogP contribution in [0.1, 0.15) is 11.1 Å². The molecule has 0 saturated heterocycles. The van der Waals surface area contributed by atoms with Crippen LogP contribution >= 0.6 is 0 Å². The van der Waals surface area contributed by atoms with Crippen molar-refractivity contribution in [3.63, 3.8) is 0 Å². The van der Waals surface area contributed by atoms with Crippen LogP contribution in [-0.4, -0.2) is 21.6 Å². The van der Waals surface area contributed by atoms with Gasteiger partial charge in [0.15, 0.2) is 12.9 Å². The summed E-state index contributed by atoms with van der Waals surface area (Å²) < 4.78 is 42.5. The summed E-state index contributed by atoms with van der Waals surface area (Å²) in [7, 11) is 1.87. The maximum absolute atomic E-state index is 13.6. The van der Waals surface area contributed by atoms with Gasteiger partial charge < -0.3 is 9.72 Å². The summed E-state index contributed by atoms with van der Waals surface area (Å²) >= 11 is 0. The molecular formula is C21H17BF3N4. The lowest BCUT2D eigenvalue weighted by molar-refractivity contribution is -0.137. The molecule has 145 valence electrons. The number of rotatable bonds is 5. The van der Waals surface area contributed by atoms with Gasteiger partial charge >= 0.3 is 6.18 Å². The lowest BCUT2D eigenvalue weighted by Gasteiger charge is -2.16. The largest absolute Gasteiger partial charge is 0.417 e. The van der Waals surface area contributed by atoms with Gasteiger partial charge in [-0.1, -0.05) is 25.0 Å². The number of hydrogen-bond acceptors (Lipinski definition) is 3. The number of fused-ring (bicyclic) bond motifs is 1. The number of nitrogens with zero attached hydrogens (tertiary/aromatic N) is 3. The van der Waals surface area contributed by atoms with Crippen molar-refractivity contribution in [1.82, 2.24) is 14.4 Å². The number of pyridine rings is 2. The van der Waals surface area contributed by atoms with Crippen molar-refractivity contribution < 1.29 is 13.2 Å². The third kappa shape index (κ3) is 3.83. The van der Waals surface area contributed by atoms with Crippen LogP contribution in [0.4, 0.5) is 18.9 Å². The fraction of sp³-hybridized carbons (Fsp3) is 0.143. The Balaban J connectivity index is 1.84. The van der Waals surface area contributed by atoms with Crippen molar-refractivity contribution in [2.24, 2.45) is 0 Å². The van der Waals surface area contributed by atoms with Crippen LogP contribution in [0.2, 0.25) is 6.82 Å². The second-order valence-corrected chi connectivity index (χ2v) is 6.56. The van der Waals surface area contributed by atoms with E-state index >= 15 is 0 Å². The minimum Gasteiger partial charge on any atom is -0.378 e. The van der Waals surface area contributed by atoms with Crippen molar-refractivity contribution in [2.75, 3.05) is 5.32 Å². The number of anilines is 1. The highest BCUT2D eigenvalue weighted by Crippen LogP contribution is 2.37. The standard InChI is InChI=1S/C21H17BF3N4/c1-22-19-12-28-20-18(27-11-14-6-8-26-9-7-14)10-15(13-29(19)20)16-4-2-3-5-17(16)21(23,24)25/h2-10,12-13,27H,11H2,1H3. The summed E-state index contributed by atoms with van der Waals surface area (Å²) in [4.78, 5) is 8.44. The molecule has 0 unspecified atom stereocenters. The van der Waals surface area contributed by atoms with E-state index in [1.165, 1.54) is 12.1 Å². The van der Waals surface area contributed by atoms with E-state index in [1.54, 1.807) is 41.3 Å². The Labute approximate surface area is 166 Å². The smallest absolute Gasteiger partial charge is 0.378 e. The van der Waals surface area contributed by atoms with Gasteiger partial charge in [-0.25, -0.2) is 4.98 Å². The summed E-state index contributed by atoms with van der Waals surface area (Å²) in [6.45, 7) is 2.37. The van der Waals surface area contributed by atoms with Crippen LogP contribution < -0.4 is 10.9 Å². The Morgan fingerprint density at radius 1 is 1.10 bits per heavy atom. The van der Waals surface area contributed by atoms with Crippen LogP contribution in [-0.2, 0) is 12.7 Å². The highest BCUT2D eigenvalue weighted by atomic mass is 19.4. The molecule has 29 heavy (non-hydrogen) atoms. The van der Waals surface area contributed by atoms with Crippen molar-refractivity contribution in [3.8, 4) is 11.1 Å². The van der Waals surface area contributed by atoms with Crippen molar-refractivity contribution in [2.45, 2.75) is 19.5 Å². The second kappa shape index (κ2) is 7.62. The van der Waals surface area contributed by atoms with Gasteiger partial charge in [-0.05, 0) is 41.0 Å². The van der Waals surface area contributed by atoms with Gasteiger partial charge in [-0.3, -0.25) is 4.98 Å². The van der Waals surface area contributed by atoms with E-state index in [-0.39, 0.29) is 5.56 Å². The van der Waals surface area contributed by atoms with E-state index in [0.29, 0.717) is 23.4 Å². The number of aromatic nitrogens is 3. The van der Waals surface area contributed by atoms with E-state index < -0.39 is 11.7 Å². The van der Waals surface area contributed by atoms with Crippen molar-refractivity contribution >= 4 is 24.2 Å². The van der Waals surface area contributed by atoms with Gasteiger partial charge in [-0.15, -0.1) is 0 Å². The predicted octanol–water partition coefficient (Wildman–Crippen LogP) is 4.40. The van der Waals surface area contributed by atoms with E-state index in [2.05, 4.69) is 15.3 Å². The molecule has 0 aliphatic heterocycles. The van der Waals surface area contributed by atoms with Gasteiger partial charge in [0.2, 0.25) is 0 Å². The first-order chi connectivity index (χ1) is 14.0. The fourth-order valence-electron chi connectivity index (χ4n) is 3.28. The molecule has 0 atom stereocenters. The number of alkyl halides is 3. The molecule has 3 heterocycles. The zero-order valence-electron chi connectivity index (χ0n) is 15.6. The Bertz CT molecular complexity index is 1140. The Kier molecular flexibility index (Phi) is 5.00. The van der Waals surface area contributed by atoms with Crippen LogP contribution in [0.3, 0.4) is 0 Å². The molecule has 0 amide bonds. The molecule has 0 saturated carbocycles. The molecule has 0 aliphatic carbocycles. The molecule has 8 heteroatoms. The minimum atomic E-state index is -4.44. The van der Waals surface area contributed by atoms with Crippen LogP contribution in [0.15, 0.2) is 67.3 Å². The number of nitrogens with one attached hydrogen (secondary N) is 1. The normalized spacial score (nSPS) is 11.6. The molecule has 4 nitrogen and oxygen atoms in total. The summed E-state index contributed by atoms with van der Waals surface area (Å²) in [6, 6.07) is 11.1. The van der Waals surface area contributed by atoms with E-state index in [0.717, 1.165) is 17.2 Å². The summed E-state index contributed by atoms with van der Waals surface area (Å²) in [5.41, 5.74) is 3.05. The predicted molar refractivity (Wildman–Crippen MR) is 108 cm³/mol. The first kappa shape index (κ1) is 19.0. The van der Waals surface area contributed by atoms with Crippen LogP contribution in [0, 0.1) is 0 Å². The maximum atomic E-state index is 13.6. The van der Waals surface area contributed by atoms with Crippen molar-refractivity contribution in [3.05, 3.63) is 78.4 Å². The first-order valence-corrected chi connectivity index (χ1v) is 9.07. The summed E-state index contributed by atoms with van der Waals surface area (Å²) in [5.74, 6) is 0. The van der Waals surface area contributed by atoms with Crippen LogP contribution in [0.5, 0.6) is 0 Å². The average Bonchev–Trinajstić information content (AvgIpc) is 3.15. The highest BCUT2D eigenvalue weighted by Gasteiger charge is 2.33. The zero-order valence-corrected chi connectivity index (χ0v) is 15.6. The molecule has 0 fully saturated rings. The lowest BCUT2D eigenvalue weighted by Crippen LogP contribution is -2.17. The quantitative estimate of drug-likeness (QED) is 0.511. The van der Waals surface area contributed by atoms with Gasteiger partial charge in [-0.2, -0.15) is 13.2 Å². The molecule has 1 aromatic carbocycles. The zero-order chi connectivity index (χ0) is 20.4. The SMILES string of the molecule is C[B]c1cnc2c(NCc3ccncc3)cc(-c3ccccc3C(F)(F)F)cn12. The number of imidazole rings is 1. The monoisotopic (exact) mass is 393 g/mol. The van der Waals surface area contributed by atoms with Gasteiger partial charge in [0, 0.05) is 36.9 Å². The van der Waals surface area contributed by atoms with Crippen LogP contribution in [0.25, 0.3) is 16.8 Å². The molecule has 4 aromatic rings. The van der Waals surface area contributed by atoms with Gasteiger partial charge in [0.1, 0.15) is 0 Å². The van der Waals surface area contributed by atoms with E-state index in [1.807, 2.05) is 26.2 Å². The maximum Gasteiger partial charge on any atom is 0.417 e. The molecule has 1 N–H and O–H groups in total. The molecule has 0 spiro atoms. The fourth-order valence-corrected chi connectivity index (χ4v) is 3.28. The number of halogens is 3. The Morgan fingerprint density at radius 2 is 1.86 bits per heavy atom. The Morgan fingerprint density at radius 3 is 2.59 bits per heavy atom. The molecule has 4 rings (SSSR count). The van der Waals surface area contributed by atoms with E-state index in [4.69, 9.17) is 0 Å². The Hall–Kier alpha value is -3.29. The lowest BCUT2D eigenvalue weighted by atomic mass is 9.78.